The fourth-order valence-corrected chi connectivity index (χ4v) is 2.12. The number of allylic oxidation sites excluding steroid dienone is 1. The van der Waals surface area contributed by atoms with Crippen molar-refractivity contribution < 1.29 is 9.53 Å². The van der Waals surface area contributed by atoms with Crippen molar-refractivity contribution in [1.82, 2.24) is 0 Å². The van der Waals surface area contributed by atoms with Gasteiger partial charge in [-0.3, -0.25) is 4.79 Å². The first kappa shape index (κ1) is 7.84. The van der Waals surface area contributed by atoms with E-state index in [0.29, 0.717) is 18.3 Å². The van der Waals surface area contributed by atoms with Gasteiger partial charge in [0.1, 0.15) is 6.10 Å². The Morgan fingerprint density at radius 2 is 2.33 bits per heavy atom. The predicted octanol–water partition coefficient (Wildman–Crippen LogP) is 1.90. The zero-order valence-electron chi connectivity index (χ0n) is 7.32. The Hall–Kier alpha value is -0.790. The summed E-state index contributed by atoms with van der Waals surface area (Å²) in [5.41, 5.74) is 0. The van der Waals surface area contributed by atoms with E-state index >= 15 is 0 Å². The van der Waals surface area contributed by atoms with E-state index in [9.17, 15) is 4.79 Å². The highest BCUT2D eigenvalue weighted by atomic mass is 16.5. The molecule has 0 spiro atoms. The summed E-state index contributed by atoms with van der Waals surface area (Å²) in [7, 11) is 0. The van der Waals surface area contributed by atoms with Crippen LogP contribution in [0.15, 0.2) is 12.2 Å². The van der Waals surface area contributed by atoms with Gasteiger partial charge in [0, 0.05) is 12.3 Å². The van der Waals surface area contributed by atoms with Crippen molar-refractivity contribution in [3.8, 4) is 0 Å². The van der Waals surface area contributed by atoms with Crippen LogP contribution in [0, 0.1) is 11.8 Å². The van der Waals surface area contributed by atoms with Gasteiger partial charge in [0.05, 0.1) is 0 Å². The van der Waals surface area contributed by atoms with Crippen molar-refractivity contribution in [3.05, 3.63) is 12.2 Å². The molecule has 2 bridgehead atoms. The molecule has 0 aromatic rings. The molecule has 0 aromatic carbocycles. The quantitative estimate of drug-likeness (QED) is 0.462. The van der Waals surface area contributed by atoms with Crippen LogP contribution in [0.5, 0.6) is 0 Å². The first-order valence-electron chi connectivity index (χ1n) is 4.67. The lowest BCUT2D eigenvalue weighted by atomic mass is 10.0. The number of rotatable bonds is 2. The number of fused-ring (bicyclic) bond motifs is 2. The van der Waals surface area contributed by atoms with E-state index in [1.807, 2.05) is 6.92 Å². The number of carbonyl (C=O) groups excluding carboxylic acids is 1. The fraction of sp³-hybridized carbons (Fsp3) is 0.700. The van der Waals surface area contributed by atoms with Gasteiger partial charge in [-0.2, -0.15) is 0 Å². The standard InChI is InChI=1S/C10H14O2/c1-2-10(11)12-9-6-7-3-4-8(9)5-7/h3-4,7-9H,2,5-6H2,1H3. The van der Waals surface area contributed by atoms with Crippen molar-refractivity contribution in [1.29, 1.82) is 0 Å². The first-order chi connectivity index (χ1) is 5.79. The molecule has 0 amide bonds. The van der Waals surface area contributed by atoms with Crippen molar-refractivity contribution in [2.45, 2.75) is 32.3 Å². The Morgan fingerprint density at radius 1 is 1.50 bits per heavy atom. The van der Waals surface area contributed by atoms with E-state index in [1.54, 1.807) is 0 Å². The van der Waals surface area contributed by atoms with Crippen LogP contribution in [-0.4, -0.2) is 12.1 Å². The number of carbonyl (C=O) groups is 1. The minimum atomic E-state index is -0.0547. The molecule has 0 saturated heterocycles. The van der Waals surface area contributed by atoms with E-state index in [2.05, 4.69) is 12.2 Å². The van der Waals surface area contributed by atoms with Crippen molar-refractivity contribution in [2.75, 3.05) is 0 Å². The molecule has 2 rings (SSSR count). The lowest BCUT2D eigenvalue weighted by Gasteiger charge is -2.18. The lowest BCUT2D eigenvalue weighted by Crippen LogP contribution is -2.21. The monoisotopic (exact) mass is 166 g/mol. The summed E-state index contributed by atoms with van der Waals surface area (Å²) in [6.07, 6.45) is 7.38. The molecule has 2 heteroatoms. The molecule has 0 aromatic heterocycles. The summed E-state index contributed by atoms with van der Waals surface area (Å²) in [6.45, 7) is 1.84. The van der Waals surface area contributed by atoms with E-state index in [-0.39, 0.29) is 12.1 Å². The molecule has 3 atom stereocenters. The second kappa shape index (κ2) is 2.92. The molecule has 0 aliphatic heterocycles. The highest BCUT2D eigenvalue weighted by Crippen LogP contribution is 2.40. The van der Waals surface area contributed by atoms with Gasteiger partial charge < -0.3 is 4.74 Å². The summed E-state index contributed by atoms with van der Waals surface area (Å²) >= 11 is 0. The predicted molar refractivity (Wildman–Crippen MR) is 45.5 cm³/mol. The Balaban J connectivity index is 1.91. The van der Waals surface area contributed by atoms with Crippen LogP contribution < -0.4 is 0 Å². The number of esters is 1. The molecule has 0 heterocycles. The molecule has 1 fully saturated rings. The van der Waals surface area contributed by atoms with Crippen LogP contribution in [0.4, 0.5) is 0 Å². The molecule has 2 nitrogen and oxygen atoms in total. The van der Waals surface area contributed by atoms with Gasteiger partial charge in [-0.25, -0.2) is 0 Å². The summed E-state index contributed by atoms with van der Waals surface area (Å²) in [6, 6.07) is 0. The Bertz CT molecular complexity index is 220. The molecular formula is C10H14O2. The smallest absolute Gasteiger partial charge is 0.305 e. The van der Waals surface area contributed by atoms with E-state index in [4.69, 9.17) is 4.74 Å². The van der Waals surface area contributed by atoms with Gasteiger partial charge in [0.25, 0.3) is 0 Å². The third-order valence-electron chi connectivity index (χ3n) is 2.79. The molecular weight excluding hydrogens is 152 g/mol. The molecule has 12 heavy (non-hydrogen) atoms. The topological polar surface area (TPSA) is 26.3 Å². The second-order valence-corrected chi connectivity index (χ2v) is 3.66. The van der Waals surface area contributed by atoms with Gasteiger partial charge in [-0.15, -0.1) is 0 Å². The fourth-order valence-electron chi connectivity index (χ4n) is 2.12. The van der Waals surface area contributed by atoms with Crippen LogP contribution in [0.2, 0.25) is 0 Å². The summed E-state index contributed by atoms with van der Waals surface area (Å²) in [4.78, 5) is 11.0. The van der Waals surface area contributed by atoms with Crippen molar-refractivity contribution in [2.24, 2.45) is 11.8 Å². The van der Waals surface area contributed by atoms with Crippen molar-refractivity contribution in [3.63, 3.8) is 0 Å². The van der Waals surface area contributed by atoms with Gasteiger partial charge in [-0.1, -0.05) is 19.1 Å². The highest BCUT2D eigenvalue weighted by molar-refractivity contribution is 5.69. The van der Waals surface area contributed by atoms with E-state index in [0.717, 1.165) is 6.42 Å². The maximum Gasteiger partial charge on any atom is 0.305 e. The summed E-state index contributed by atoms with van der Waals surface area (Å²) < 4.78 is 5.30. The summed E-state index contributed by atoms with van der Waals surface area (Å²) in [5, 5.41) is 0. The van der Waals surface area contributed by atoms with Crippen LogP contribution in [0.1, 0.15) is 26.2 Å². The third kappa shape index (κ3) is 1.26. The van der Waals surface area contributed by atoms with Gasteiger partial charge in [0.2, 0.25) is 0 Å². The van der Waals surface area contributed by atoms with Crippen LogP contribution >= 0.6 is 0 Å². The maximum atomic E-state index is 11.0. The van der Waals surface area contributed by atoms with E-state index < -0.39 is 0 Å². The zero-order chi connectivity index (χ0) is 8.55. The lowest BCUT2D eigenvalue weighted by molar-refractivity contribution is -0.149. The number of hydrogen-bond donors (Lipinski definition) is 0. The molecule has 66 valence electrons. The maximum absolute atomic E-state index is 11.0. The normalized spacial score (nSPS) is 37.2. The Morgan fingerprint density at radius 3 is 2.83 bits per heavy atom. The Labute approximate surface area is 72.6 Å². The largest absolute Gasteiger partial charge is 0.462 e. The minimum Gasteiger partial charge on any atom is -0.462 e. The minimum absolute atomic E-state index is 0.0547. The first-order valence-corrected chi connectivity index (χ1v) is 4.67. The third-order valence-corrected chi connectivity index (χ3v) is 2.79. The van der Waals surface area contributed by atoms with Crippen molar-refractivity contribution >= 4 is 5.97 Å². The molecule has 1 saturated carbocycles. The number of ether oxygens (including phenoxy) is 1. The van der Waals surface area contributed by atoms with Gasteiger partial charge in [-0.05, 0) is 18.8 Å². The van der Waals surface area contributed by atoms with Crippen LogP contribution in [0.25, 0.3) is 0 Å². The van der Waals surface area contributed by atoms with Gasteiger partial charge in [0.15, 0.2) is 0 Å². The average Bonchev–Trinajstić information content (AvgIpc) is 2.64. The van der Waals surface area contributed by atoms with Crippen LogP contribution in [-0.2, 0) is 9.53 Å². The molecule has 0 N–H and O–H groups in total. The second-order valence-electron chi connectivity index (χ2n) is 3.66. The van der Waals surface area contributed by atoms with Crippen LogP contribution in [0.3, 0.4) is 0 Å². The van der Waals surface area contributed by atoms with Gasteiger partial charge >= 0.3 is 5.97 Å². The molecule has 2 aliphatic carbocycles. The molecule has 0 radical (unpaired) electrons. The zero-order valence-corrected chi connectivity index (χ0v) is 7.32. The molecule has 2 aliphatic rings. The molecule has 3 unspecified atom stereocenters. The SMILES string of the molecule is CCC(=O)OC1CC2C=CC1C2. The summed E-state index contributed by atoms with van der Waals surface area (Å²) in [5.74, 6) is 1.15. The Kier molecular flexibility index (Phi) is 1.91. The average molecular weight is 166 g/mol. The highest BCUT2D eigenvalue weighted by Gasteiger charge is 2.37. The van der Waals surface area contributed by atoms with E-state index in [1.165, 1.54) is 6.42 Å². The number of hydrogen-bond acceptors (Lipinski definition) is 2.